The summed E-state index contributed by atoms with van der Waals surface area (Å²) in [6.07, 6.45) is 0. The summed E-state index contributed by atoms with van der Waals surface area (Å²) < 4.78 is 2.07. The first kappa shape index (κ1) is 11.1. The summed E-state index contributed by atoms with van der Waals surface area (Å²) in [5.74, 6) is 0. The molecule has 1 aromatic heterocycles. The highest BCUT2D eigenvalue weighted by Gasteiger charge is 2.13. The summed E-state index contributed by atoms with van der Waals surface area (Å²) in [7, 11) is 0. The summed E-state index contributed by atoms with van der Waals surface area (Å²) >= 11 is 0. The van der Waals surface area contributed by atoms with E-state index >= 15 is 0 Å². The van der Waals surface area contributed by atoms with E-state index < -0.39 is 0 Å². The molecule has 0 saturated carbocycles. The molecule has 14 heavy (non-hydrogen) atoms. The first-order valence-electron chi connectivity index (χ1n) is 5.25. The molecule has 0 bridgehead atoms. The van der Waals surface area contributed by atoms with Crippen LogP contribution < -0.4 is 5.32 Å². The largest absolute Gasteiger partial charge is 0.380 e. The second-order valence-corrected chi connectivity index (χ2v) is 4.38. The van der Waals surface area contributed by atoms with Crippen LogP contribution in [0.4, 0.5) is 5.69 Å². The third kappa shape index (κ3) is 2.08. The van der Waals surface area contributed by atoms with Gasteiger partial charge in [-0.2, -0.15) is 5.10 Å². The Kier molecular flexibility index (Phi) is 3.19. The van der Waals surface area contributed by atoms with Crippen LogP contribution in [0.25, 0.3) is 0 Å². The second kappa shape index (κ2) is 4.03. The van der Waals surface area contributed by atoms with Crippen molar-refractivity contribution in [3.8, 4) is 0 Å². The van der Waals surface area contributed by atoms with Crippen LogP contribution in [0.1, 0.15) is 45.1 Å². The number of hydrogen-bond acceptors (Lipinski definition) is 2. The lowest BCUT2D eigenvalue weighted by Crippen LogP contribution is -2.11. The van der Waals surface area contributed by atoms with Gasteiger partial charge in [-0.3, -0.25) is 4.68 Å². The Hall–Kier alpha value is -0.990. The van der Waals surface area contributed by atoms with Crippen molar-refractivity contribution in [2.45, 2.75) is 53.6 Å². The number of nitrogens with zero attached hydrogens (tertiary/aromatic N) is 2. The first-order valence-corrected chi connectivity index (χ1v) is 5.25. The Morgan fingerprint density at radius 2 is 1.71 bits per heavy atom. The van der Waals surface area contributed by atoms with Gasteiger partial charge in [-0.15, -0.1) is 0 Å². The summed E-state index contributed by atoms with van der Waals surface area (Å²) in [6, 6.07) is 0.883. The predicted molar refractivity (Wildman–Crippen MR) is 60.8 cm³/mol. The molecule has 1 rings (SSSR count). The number of hydrogen-bond donors (Lipinski definition) is 1. The maximum Gasteiger partial charge on any atom is 0.0828 e. The van der Waals surface area contributed by atoms with E-state index in [4.69, 9.17) is 0 Å². The zero-order valence-corrected chi connectivity index (χ0v) is 10.0. The Balaban J connectivity index is 3.05. The van der Waals surface area contributed by atoms with E-state index in [1.807, 2.05) is 0 Å². The van der Waals surface area contributed by atoms with Crippen LogP contribution >= 0.6 is 0 Å². The van der Waals surface area contributed by atoms with Gasteiger partial charge in [-0.1, -0.05) is 0 Å². The van der Waals surface area contributed by atoms with Crippen molar-refractivity contribution in [3.63, 3.8) is 0 Å². The molecule has 0 fully saturated rings. The number of aryl methyl sites for hydroxylation is 1. The Labute approximate surface area is 86.5 Å². The molecule has 0 aliphatic heterocycles. The molecular formula is C11H21N3. The van der Waals surface area contributed by atoms with E-state index in [9.17, 15) is 0 Å². The SMILES string of the molecule is Cc1nn(C(C)C)c(C)c1NC(C)C. The topological polar surface area (TPSA) is 29.9 Å². The molecule has 0 spiro atoms. The van der Waals surface area contributed by atoms with Crippen molar-refractivity contribution in [3.05, 3.63) is 11.4 Å². The van der Waals surface area contributed by atoms with Crippen molar-refractivity contribution in [2.75, 3.05) is 5.32 Å². The molecule has 1 heterocycles. The molecule has 0 unspecified atom stereocenters. The van der Waals surface area contributed by atoms with E-state index in [0.717, 1.165) is 5.69 Å². The zero-order chi connectivity index (χ0) is 10.9. The quantitative estimate of drug-likeness (QED) is 0.803. The summed E-state index contributed by atoms with van der Waals surface area (Å²) in [5.41, 5.74) is 3.50. The van der Waals surface area contributed by atoms with Gasteiger partial charge in [0.15, 0.2) is 0 Å². The lowest BCUT2D eigenvalue weighted by Gasteiger charge is -2.11. The van der Waals surface area contributed by atoms with Gasteiger partial charge in [0, 0.05) is 12.1 Å². The fraction of sp³-hybridized carbons (Fsp3) is 0.727. The molecule has 0 aliphatic carbocycles. The van der Waals surface area contributed by atoms with Crippen molar-refractivity contribution >= 4 is 5.69 Å². The smallest absolute Gasteiger partial charge is 0.0828 e. The summed E-state index contributed by atoms with van der Waals surface area (Å²) in [5, 5.41) is 7.95. The van der Waals surface area contributed by atoms with Gasteiger partial charge in [0.25, 0.3) is 0 Å². The van der Waals surface area contributed by atoms with E-state index in [2.05, 4.69) is 56.6 Å². The highest BCUT2D eigenvalue weighted by Crippen LogP contribution is 2.22. The van der Waals surface area contributed by atoms with Crippen LogP contribution in [-0.4, -0.2) is 15.8 Å². The Morgan fingerprint density at radius 1 is 1.14 bits per heavy atom. The molecule has 80 valence electrons. The predicted octanol–water partition coefficient (Wildman–Crippen LogP) is 2.90. The fourth-order valence-corrected chi connectivity index (χ4v) is 1.66. The molecule has 0 radical (unpaired) electrons. The molecule has 1 aromatic rings. The summed E-state index contributed by atoms with van der Waals surface area (Å²) in [6.45, 7) is 12.8. The van der Waals surface area contributed by atoms with Crippen molar-refractivity contribution in [2.24, 2.45) is 0 Å². The molecule has 0 saturated heterocycles. The van der Waals surface area contributed by atoms with Gasteiger partial charge in [0.05, 0.1) is 17.1 Å². The van der Waals surface area contributed by atoms with Crippen LogP contribution in [-0.2, 0) is 0 Å². The highest BCUT2D eigenvalue weighted by molar-refractivity contribution is 5.52. The average molecular weight is 195 g/mol. The highest BCUT2D eigenvalue weighted by atomic mass is 15.3. The van der Waals surface area contributed by atoms with Crippen LogP contribution in [0.5, 0.6) is 0 Å². The fourth-order valence-electron chi connectivity index (χ4n) is 1.66. The summed E-state index contributed by atoms with van der Waals surface area (Å²) in [4.78, 5) is 0. The molecule has 0 aliphatic rings. The van der Waals surface area contributed by atoms with Crippen LogP contribution in [0.2, 0.25) is 0 Å². The van der Waals surface area contributed by atoms with Crippen LogP contribution in [0.15, 0.2) is 0 Å². The third-order valence-electron chi connectivity index (χ3n) is 2.25. The Morgan fingerprint density at radius 3 is 2.07 bits per heavy atom. The molecular weight excluding hydrogens is 174 g/mol. The minimum Gasteiger partial charge on any atom is -0.380 e. The molecule has 1 N–H and O–H groups in total. The lowest BCUT2D eigenvalue weighted by molar-refractivity contribution is 0.516. The maximum atomic E-state index is 4.52. The minimum atomic E-state index is 0.427. The van der Waals surface area contributed by atoms with Gasteiger partial charge in [-0.25, -0.2) is 0 Å². The van der Waals surface area contributed by atoms with E-state index in [1.54, 1.807) is 0 Å². The van der Waals surface area contributed by atoms with Gasteiger partial charge < -0.3 is 5.32 Å². The minimum absolute atomic E-state index is 0.427. The van der Waals surface area contributed by atoms with Crippen LogP contribution in [0.3, 0.4) is 0 Å². The molecule has 0 atom stereocenters. The molecule has 0 amide bonds. The number of nitrogens with one attached hydrogen (secondary N) is 1. The lowest BCUT2D eigenvalue weighted by atomic mass is 10.2. The van der Waals surface area contributed by atoms with Crippen LogP contribution in [0, 0.1) is 13.8 Å². The average Bonchev–Trinajstić information content (AvgIpc) is 2.31. The van der Waals surface area contributed by atoms with Gasteiger partial charge >= 0.3 is 0 Å². The molecule has 0 aromatic carbocycles. The molecule has 3 nitrogen and oxygen atoms in total. The number of rotatable bonds is 3. The van der Waals surface area contributed by atoms with Crippen molar-refractivity contribution in [1.29, 1.82) is 0 Å². The normalized spacial score (nSPS) is 11.4. The number of anilines is 1. The zero-order valence-electron chi connectivity index (χ0n) is 10.0. The van der Waals surface area contributed by atoms with E-state index in [0.29, 0.717) is 12.1 Å². The maximum absolute atomic E-state index is 4.52. The van der Waals surface area contributed by atoms with E-state index in [-0.39, 0.29) is 0 Å². The van der Waals surface area contributed by atoms with Crippen molar-refractivity contribution < 1.29 is 0 Å². The second-order valence-electron chi connectivity index (χ2n) is 4.38. The first-order chi connectivity index (χ1) is 6.43. The van der Waals surface area contributed by atoms with Gasteiger partial charge in [-0.05, 0) is 41.5 Å². The third-order valence-corrected chi connectivity index (χ3v) is 2.25. The number of aromatic nitrogens is 2. The van der Waals surface area contributed by atoms with Gasteiger partial charge in [0.2, 0.25) is 0 Å². The standard InChI is InChI=1S/C11H21N3/c1-7(2)12-11-9(5)13-14(8(3)4)10(11)6/h7-8,12H,1-6H3. The molecule has 3 heteroatoms. The monoisotopic (exact) mass is 195 g/mol. The van der Waals surface area contributed by atoms with Gasteiger partial charge in [0.1, 0.15) is 0 Å². The Bertz CT molecular complexity index is 311. The van der Waals surface area contributed by atoms with E-state index in [1.165, 1.54) is 11.4 Å². The van der Waals surface area contributed by atoms with Crippen molar-refractivity contribution in [1.82, 2.24) is 9.78 Å².